The number of thiazole rings is 1. The fourth-order valence-corrected chi connectivity index (χ4v) is 3.97. The summed E-state index contributed by atoms with van der Waals surface area (Å²) in [6.07, 6.45) is 3.08. The Morgan fingerprint density at radius 2 is 2.04 bits per heavy atom. The van der Waals surface area contributed by atoms with Crippen molar-refractivity contribution in [2.45, 2.75) is 13.8 Å². The van der Waals surface area contributed by atoms with Crippen molar-refractivity contribution < 1.29 is 4.79 Å². The summed E-state index contributed by atoms with van der Waals surface area (Å²) in [5, 5.41) is 9.77. The number of nitrogens with one attached hydrogen (secondary N) is 1. The molecule has 2 aromatic carbocycles. The summed E-state index contributed by atoms with van der Waals surface area (Å²) in [4.78, 5) is 17.3. The first kappa shape index (κ1) is 18.4. The topological polar surface area (TPSA) is 59.3 Å². The van der Waals surface area contributed by atoms with Crippen LogP contribution in [0, 0.1) is 13.8 Å². The van der Waals surface area contributed by atoms with E-state index in [0.717, 1.165) is 21.8 Å². The van der Waals surface area contributed by atoms with Crippen molar-refractivity contribution in [2.75, 3.05) is 5.32 Å². The first-order valence-electron chi connectivity index (χ1n) is 8.67. The van der Waals surface area contributed by atoms with Gasteiger partial charge in [-0.1, -0.05) is 53.6 Å². The van der Waals surface area contributed by atoms with E-state index in [-0.39, 0.29) is 11.9 Å². The van der Waals surface area contributed by atoms with Gasteiger partial charge in [0.15, 0.2) is 0 Å². The Hall–Kier alpha value is -2.96. The van der Waals surface area contributed by atoms with E-state index in [0.29, 0.717) is 5.02 Å². The van der Waals surface area contributed by atoms with Crippen LogP contribution in [0.1, 0.15) is 16.7 Å². The predicted octanol–water partition coefficient (Wildman–Crippen LogP) is 5.38. The number of halogens is 1. The summed E-state index contributed by atoms with van der Waals surface area (Å²) < 4.78 is 1.76. The number of fused-ring (bicyclic) bond motifs is 1. The number of nitrogens with zero attached hydrogens (tertiary/aromatic N) is 3. The van der Waals surface area contributed by atoms with Crippen molar-refractivity contribution >= 4 is 45.8 Å². The number of rotatable bonds is 4. The molecule has 0 unspecified atom stereocenters. The van der Waals surface area contributed by atoms with E-state index in [9.17, 15) is 4.79 Å². The average molecular weight is 409 g/mol. The smallest absolute Gasteiger partial charge is 0.250 e. The third-order valence-electron chi connectivity index (χ3n) is 4.29. The monoisotopic (exact) mass is 408 g/mol. The molecule has 2 aromatic heterocycles. The number of carbonyl (C=O) groups is 1. The van der Waals surface area contributed by atoms with Crippen LogP contribution >= 0.6 is 22.9 Å². The highest BCUT2D eigenvalue weighted by molar-refractivity contribution is 7.15. The standard InChI is InChI=1S/C21H17ClN4OS/c1-13-7-9-16(14(2)11-13)18-12-28-21-24-20(25-26(18)21)23-19(27)10-8-15-5-3-4-6-17(15)22/h3-12H,1-2H3,(H,23,25,27)/b10-8+. The second-order valence-corrected chi connectivity index (χ2v) is 7.66. The molecule has 0 bridgehead atoms. The first-order chi connectivity index (χ1) is 13.5. The fraction of sp³-hybridized carbons (Fsp3) is 0.0952. The molecule has 0 atom stereocenters. The van der Waals surface area contributed by atoms with Crippen molar-refractivity contribution in [3.8, 4) is 11.3 Å². The van der Waals surface area contributed by atoms with Crippen LogP contribution in [0.25, 0.3) is 22.3 Å². The fourth-order valence-electron chi connectivity index (χ4n) is 2.95. The normalized spacial score (nSPS) is 11.4. The molecule has 0 saturated heterocycles. The van der Waals surface area contributed by atoms with Crippen LogP contribution < -0.4 is 5.32 Å². The molecular formula is C21H17ClN4OS. The average Bonchev–Trinajstić information content (AvgIpc) is 3.21. The van der Waals surface area contributed by atoms with Crippen LogP contribution in [0.2, 0.25) is 5.02 Å². The van der Waals surface area contributed by atoms with Crippen molar-refractivity contribution in [1.29, 1.82) is 0 Å². The molecule has 140 valence electrons. The van der Waals surface area contributed by atoms with Gasteiger partial charge in [-0.25, -0.2) is 4.52 Å². The SMILES string of the molecule is Cc1ccc(-c2csc3nc(NC(=O)/C=C/c4ccccc4Cl)nn23)c(C)c1. The van der Waals surface area contributed by atoms with E-state index in [2.05, 4.69) is 47.4 Å². The Morgan fingerprint density at radius 1 is 1.21 bits per heavy atom. The summed E-state index contributed by atoms with van der Waals surface area (Å²) in [6, 6.07) is 13.6. The lowest BCUT2D eigenvalue weighted by Gasteiger charge is -2.05. The summed E-state index contributed by atoms with van der Waals surface area (Å²) in [5.41, 5.74) is 5.21. The maximum absolute atomic E-state index is 12.2. The number of anilines is 1. The number of hydrogen-bond acceptors (Lipinski definition) is 4. The highest BCUT2D eigenvalue weighted by Crippen LogP contribution is 2.28. The van der Waals surface area contributed by atoms with Gasteiger partial charge in [0.25, 0.3) is 11.9 Å². The van der Waals surface area contributed by atoms with Gasteiger partial charge in [-0.2, -0.15) is 4.98 Å². The molecule has 5 nitrogen and oxygen atoms in total. The van der Waals surface area contributed by atoms with Crippen molar-refractivity contribution in [3.63, 3.8) is 0 Å². The van der Waals surface area contributed by atoms with Gasteiger partial charge in [-0.05, 0) is 37.1 Å². The molecule has 0 aliphatic rings. The molecule has 0 saturated carbocycles. The summed E-state index contributed by atoms with van der Waals surface area (Å²) in [6.45, 7) is 4.14. The molecule has 1 amide bonds. The maximum Gasteiger partial charge on any atom is 0.250 e. The Bertz CT molecular complexity index is 1210. The maximum atomic E-state index is 12.2. The molecule has 0 radical (unpaired) electrons. The number of aromatic nitrogens is 3. The Balaban J connectivity index is 1.56. The van der Waals surface area contributed by atoms with Gasteiger partial charge in [-0.15, -0.1) is 16.4 Å². The van der Waals surface area contributed by atoms with Gasteiger partial charge < -0.3 is 0 Å². The first-order valence-corrected chi connectivity index (χ1v) is 9.92. The molecule has 28 heavy (non-hydrogen) atoms. The van der Waals surface area contributed by atoms with Crippen LogP contribution in [0.3, 0.4) is 0 Å². The number of hydrogen-bond donors (Lipinski definition) is 1. The largest absolute Gasteiger partial charge is 0.290 e. The quantitative estimate of drug-likeness (QED) is 0.461. The molecule has 0 fully saturated rings. The zero-order valence-electron chi connectivity index (χ0n) is 15.3. The minimum atomic E-state index is -0.314. The second-order valence-electron chi connectivity index (χ2n) is 6.41. The zero-order valence-corrected chi connectivity index (χ0v) is 16.9. The number of aryl methyl sites for hydroxylation is 2. The minimum Gasteiger partial charge on any atom is -0.290 e. The van der Waals surface area contributed by atoms with E-state index >= 15 is 0 Å². The molecule has 7 heteroatoms. The lowest BCUT2D eigenvalue weighted by molar-refractivity contribution is -0.111. The van der Waals surface area contributed by atoms with Crippen LogP contribution in [0.4, 0.5) is 5.95 Å². The Morgan fingerprint density at radius 3 is 2.82 bits per heavy atom. The van der Waals surface area contributed by atoms with Gasteiger partial charge in [0, 0.05) is 22.0 Å². The van der Waals surface area contributed by atoms with Crippen LogP contribution in [-0.2, 0) is 4.79 Å². The van der Waals surface area contributed by atoms with Crippen LogP contribution in [-0.4, -0.2) is 20.5 Å². The van der Waals surface area contributed by atoms with E-state index in [1.165, 1.54) is 28.5 Å². The Kier molecular flexibility index (Phi) is 4.98. The van der Waals surface area contributed by atoms with Gasteiger partial charge >= 0.3 is 0 Å². The third-order valence-corrected chi connectivity index (χ3v) is 5.45. The molecule has 1 N–H and O–H groups in total. The molecular weight excluding hydrogens is 392 g/mol. The molecule has 4 aromatic rings. The van der Waals surface area contributed by atoms with Gasteiger partial charge in [0.05, 0.1) is 5.69 Å². The molecule has 2 heterocycles. The lowest BCUT2D eigenvalue weighted by Crippen LogP contribution is -2.09. The van der Waals surface area contributed by atoms with E-state index in [1.54, 1.807) is 16.7 Å². The molecule has 0 aliphatic heterocycles. The lowest BCUT2D eigenvalue weighted by atomic mass is 10.0. The third kappa shape index (κ3) is 3.69. The molecule has 0 aliphatic carbocycles. The highest BCUT2D eigenvalue weighted by Gasteiger charge is 2.14. The van der Waals surface area contributed by atoms with Crippen LogP contribution in [0.15, 0.2) is 53.9 Å². The second kappa shape index (κ2) is 7.58. The van der Waals surface area contributed by atoms with Crippen molar-refractivity contribution in [3.05, 3.63) is 75.6 Å². The number of benzene rings is 2. The minimum absolute atomic E-state index is 0.270. The summed E-state index contributed by atoms with van der Waals surface area (Å²) in [5.74, 6) is -0.0436. The number of amides is 1. The predicted molar refractivity (Wildman–Crippen MR) is 115 cm³/mol. The number of carbonyl (C=O) groups excluding carboxylic acids is 1. The zero-order chi connectivity index (χ0) is 19.7. The Labute approximate surface area is 171 Å². The van der Waals surface area contributed by atoms with Crippen LogP contribution in [0.5, 0.6) is 0 Å². The van der Waals surface area contributed by atoms with Crippen molar-refractivity contribution in [2.24, 2.45) is 0 Å². The molecule has 4 rings (SSSR count). The molecule has 0 spiro atoms. The highest BCUT2D eigenvalue weighted by atomic mass is 35.5. The van der Waals surface area contributed by atoms with E-state index in [4.69, 9.17) is 11.6 Å². The van der Waals surface area contributed by atoms with Gasteiger partial charge in [-0.3, -0.25) is 10.1 Å². The van der Waals surface area contributed by atoms with Gasteiger partial charge in [0.2, 0.25) is 4.96 Å². The summed E-state index contributed by atoms with van der Waals surface area (Å²) in [7, 11) is 0. The summed E-state index contributed by atoms with van der Waals surface area (Å²) >= 11 is 7.58. The van der Waals surface area contributed by atoms with E-state index in [1.807, 2.05) is 23.6 Å². The van der Waals surface area contributed by atoms with E-state index < -0.39 is 0 Å². The van der Waals surface area contributed by atoms with Gasteiger partial charge in [0.1, 0.15) is 0 Å². The van der Waals surface area contributed by atoms with Crippen molar-refractivity contribution in [1.82, 2.24) is 14.6 Å².